The third-order valence-electron chi connectivity index (χ3n) is 6.01. The highest BCUT2D eigenvalue weighted by molar-refractivity contribution is 4.91. The van der Waals surface area contributed by atoms with Gasteiger partial charge >= 0.3 is 0 Å². The van der Waals surface area contributed by atoms with Gasteiger partial charge in [0.25, 0.3) is 0 Å². The Morgan fingerprint density at radius 2 is 1.80 bits per heavy atom. The Bertz CT molecular complexity index is 294. The summed E-state index contributed by atoms with van der Waals surface area (Å²) in [6.07, 6.45) is 9.40. The predicted molar refractivity (Wildman–Crippen MR) is 87.8 cm³/mol. The Morgan fingerprint density at radius 3 is 2.45 bits per heavy atom. The van der Waals surface area contributed by atoms with Crippen molar-refractivity contribution in [3.8, 4) is 0 Å². The molecule has 0 bridgehead atoms. The van der Waals surface area contributed by atoms with E-state index >= 15 is 0 Å². The van der Waals surface area contributed by atoms with Crippen LogP contribution in [-0.4, -0.2) is 30.1 Å². The van der Waals surface area contributed by atoms with Crippen molar-refractivity contribution < 1.29 is 0 Å². The van der Waals surface area contributed by atoms with E-state index in [-0.39, 0.29) is 0 Å². The molecule has 1 aliphatic carbocycles. The minimum Gasteiger partial charge on any atom is -0.326 e. The second-order valence-corrected chi connectivity index (χ2v) is 8.35. The van der Waals surface area contributed by atoms with Gasteiger partial charge in [-0.2, -0.15) is 0 Å². The number of rotatable bonds is 2. The van der Waals surface area contributed by atoms with E-state index in [2.05, 4.69) is 32.6 Å². The van der Waals surface area contributed by atoms with Crippen LogP contribution in [0, 0.1) is 17.3 Å². The Balaban J connectivity index is 1.95. The summed E-state index contributed by atoms with van der Waals surface area (Å²) in [5.74, 6) is 1.80. The van der Waals surface area contributed by atoms with Crippen LogP contribution in [0.25, 0.3) is 0 Å². The van der Waals surface area contributed by atoms with E-state index in [1.54, 1.807) is 0 Å². The summed E-state index contributed by atoms with van der Waals surface area (Å²) in [6.45, 7) is 12.1. The Labute approximate surface area is 126 Å². The maximum Gasteiger partial charge on any atom is 0.0249 e. The molecule has 1 saturated heterocycles. The molecule has 0 aromatic rings. The molecule has 0 aromatic heterocycles. The Hall–Kier alpha value is -0.0800. The van der Waals surface area contributed by atoms with Crippen molar-refractivity contribution in [2.45, 2.75) is 84.7 Å². The minimum absolute atomic E-state index is 0.420. The standard InChI is InChI=1S/C18H36N2/c1-5-14-8-9-16(19)17(13-14)20-11-6-7-15(10-12-20)18(2,3)4/h14-17H,5-13,19H2,1-4H3. The molecule has 2 fully saturated rings. The van der Waals surface area contributed by atoms with Gasteiger partial charge < -0.3 is 5.73 Å². The summed E-state index contributed by atoms with van der Waals surface area (Å²) in [6, 6.07) is 1.08. The van der Waals surface area contributed by atoms with Gasteiger partial charge in [0.05, 0.1) is 0 Å². The molecule has 0 radical (unpaired) electrons. The molecule has 2 nitrogen and oxygen atoms in total. The zero-order chi connectivity index (χ0) is 14.8. The first-order chi connectivity index (χ1) is 9.41. The lowest BCUT2D eigenvalue weighted by atomic mass is 9.76. The zero-order valence-electron chi connectivity index (χ0n) is 14.2. The molecule has 1 aliphatic heterocycles. The van der Waals surface area contributed by atoms with Gasteiger partial charge in [-0.1, -0.05) is 34.1 Å². The van der Waals surface area contributed by atoms with Gasteiger partial charge in [-0.15, -0.1) is 0 Å². The van der Waals surface area contributed by atoms with Crippen LogP contribution in [-0.2, 0) is 0 Å². The van der Waals surface area contributed by atoms with E-state index in [0.717, 1.165) is 11.8 Å². The molecule has 4 unspecified atom stereocenters. The van der Waals surface area contributed by atoms with Crippen molar-refractivity contribution in [1.82, 2.24) is 4.90 Å². The van der Waals surface area contributed by atoms with Crippen molar-refractivity contribution in [3.05, 3.63) is 0 Å². The summed E-state index contributed by atoms with van der Waals surface area (Å²) in [4.78, 5) is 2.75. The summed E-state index contributed by atoms with van der Waals surface area (Å²) >= 11 is 0. The van der Waals surface area contributed by atoms with Crippen LogP contribution in [0.4, 0.5) is 0 Å². The SMILES string of the molecule is CCC1CCC(N)C(N2CCCC(C(C)(C)C)CC2)C1. The molecule has 2 N–H and O–H groups in total. The number of hydrogen-bond donors (Lipinski definition) is 1. The zero-order valence-corrected chi connectivity index (χ0v) is 14.2. The first-order valence-electron chi connectivity index (χ1n) is 8.91. The largest absolute Gasteiger partial charge is 0.326 e. The van der Waals surface area contributed by atoms with Crippen LogP contribution < -0.4 is 5.73 Å². The lowest BCUT2D eigenvalue weighted by Crippen LogP contribution is -2.51. The average Bonchev–Trinajstić information content (AvgIpc) is 2.64. The van der Waals surface area contributed by atoms with E-state index in [4.69, 9.17) is 5.73 Å². The highest BCUT2D eigenvalue weighted by Crippen LogP contribution is 2.36. The third kappa shape index (κ3) is 3.98. The maximum atomic E-state index is 6.46. The molecule has 4 atom stereocenters. The Kier molecular flexibility index (Phi) is 5.53. The topological polar surface area (TPSA) is 29.3 Å². The summed E-state index contributed by atoms with van der Waals surface area (Å²) < 4.78 is 0. The fourth-order valence-corrected chi connectivity index (χ4v) is 4.36. The molecule has 118 valence electrons. The molecule has 0 amide bonds. The van der Waals surface area contributed by atoms with E-state index in [1.165, 1.54) is 58.0 Å². The van der Waals surface area contributed by atoms with Gasteiger partial charge in [-0.25, -0.2) is 0 Å². The van der Waals surface area contributed by atoms with E-state index in [1.807, 2.05) is 0 Å². The third-order valence-corrected chi connectivity index (χ3v) is 6.01. The van der Waals surface area contributed by atoms with E-state index in [0.29, 0.717) is 17.5 Å². The first-order valence-corrected chi connectivity index (χ1v) is 8.91. The molecular weight excluding hydrogens is 244 g/mol. The van der Waals surface area contributed by atoms with Crippen LogP contribution in [0.1, 0.15) is 72.6 Å². The van der Waals surface area contributed by atoms with E-state index < -0.39 is 0 Å². The van der Waals surface area contributed by atoms with Crippen molar-refractivity contribution in [1.29, 1.82) is 0 Å². The predicted octanol–water partition coefficient (Wildman–Crippen LogP) is 4.04. The fraction of sp³-hybridized carbons (Fsp3) is 1.00. The lowest BCUT2D eigenvalue weighted by molar-refractivity contribution is 0.109. The molecule has 20 heavy (non-hydrogen) atoms. The van der Waals surface area contributed by atoms with Gasteiger partial charge in [-0.05, 0) is 68.9 Å². The quantitative estimate of drug-likeness (QED) is 0.827. The number of nitrogens with zero attached hydrogens (tertiary/aromatic N) is 1. The van der Waals surface area contributed by atoms with Crippen LogP contribution in [0.3, 0.4) is 0 Å². The summed E-state index contributed by atoms with van der Waals surface area (Å²) in [5.41, 5.74) is 6.93. The second-order valence-electron chi connectivity index (χ2n) is 8.35. The molecule has 1 heterocycles. The minimum atomic E-state index is 0.420. The smallest absolute Gasteiger partial charge is 0.0249 e. The van der Waals surface area contributed by atoms with Crippen molar-refractivity contribution in [3.63, 3.8) is 0 Å². The van der Waals surface area contributed by atoms with Crippen LogP contribution >= 0.6 is 0 Å². The van der Waals surface area contributed by atoms with Gasteiger partial charge in [0.2, 0.25) is 0 Å². The van der Waals surface area contributed by atoms with Gasteiger partial charge in [0.1, 0.15) is 0 Å². The monoisotopic (exact) mass is 280 g/mol. The van der Waals surface area contributed by atoms with Crippen molar-refractivity contribution in [2.75, 3.05) is 13.1 Å². The van der Waals surface area contributed by atoms with Crippen molar-refractivity contribution in [2.24, 2.45) is 23.0 Å². The highest BCUT2D eigenvalue weighted by Gasteiger charge is 2.34. The van der Waals surface area contributed by atoms with Crippen LogP contribution in [0.2, 0.25) is 0 Å². The van der Waals surface area contributed by atoms with Gasteiger partial charge in [-0.3, -0.25) is 4.90 Å². The summed E-state index contributed by atoms with van der Waals surface area (Å²) in [7, 11) is 0. The average molecular weight is 280 g/mol. The molecular formula is C18H36N2. The highest BCUT2D eigenvalue weighted by atomic mass is 15.2. The number of nitrogens with two attached hydrogens (primary N) is 1. The first kappa shape index (κ1) is 16.3. The normalized spacial score (nSPS) is 37.6. The fourth-order valence-electron chi connectivity index (χ4n) is 4.36. The van der Waals surface area contributed by atoms with Gasteiger partial charge in [0.15, 0.2) is 0 Å². The number of likely N-dealkylation sites (tertiary alicyclic amines) is 1. The van der Waals surface area contributed by atoms with Gasteiger partial charge in [0, 0.05) is 12.1 Å². The molecule has 0 spiro atoms. The molecule has 0 aromatic carbocycles. The number of hydrogen-bond acceptors (Lipinski definition) is 2. The Morgan fingerprint density at radius 1 is 1.05 bits per heavy atom. The maximum absolute atomic E-state index is 6.46. The molecule has 1 saturated carbocycles. The lowest BCUT2D eigenvalue weighted by Gasteiger charge is -2.41. The summed E-state index contributed by atoms with van der Waals surface area (Å²) in [5, 5.41) is 0. The van der Waals surface area contributed by atoms with Crippen LogP contribution in [0.5, 0.6) is 0 Å². The molecule has 2 aliphatic rings. The van der Waals surface area contributed by atoms with Crippen molar-refractivity contribution >= 4 is 0 Å². The van der Waals surface area contributed by atoms with Crippen LogP contribution in [0.15, 0.2) is 0 Å². The van der Waals surface area contributed by atoms with E-state index in [9.17, 15) is 0 Å². The second kappa shape index (κ2) is 6.79. The molecule has 2 rings (SSSR count). The molecule has 2 heteroatoms.